The van der Waals surface area contributed by atoms with E-state index in [-0.39, 0.29) is 6.10 Å². The van der Waals surface area contributed by atoms with Gasteiger partial charge >= 0.3 is 0 Å². The molecule has 0 spiro atoms. The molecular weight excluding hydrogens is 332 g/mol. The monoisotopic (exact) mass is 362 g/mol. The van der Waals surface area contributed by atoms with Gasteiger partial charge in [0.05, 0.1) is 16.7 Å². The number of benzene rings is 1. The number of hydrogen-bond acceptors (Lipinski definition) is 5. The zero-order valence-electron chi connectivity index (χ0n) is 16.3. The molecular formula is C20H30N2O2S. The van der Waals surface area contributed by atoms with Gasteiger partial charge in [-0.2, -0.15) is 0 Å². The summed E-state index contributed by atoms with van der Waals surface area (Å²) in [5, 5.41) is 0. The van der Waals surface area contributed by atoms with Crippen LogP contribution >= 0.6 is 11.8 Å². The highest BCUT2D eigenvalue weighted by atomic mass is 32.2. The topological polar surface area (TPSA) is 41.9 Å². The highest BCUT2D eigenvalue weighted by molar-refractivity contribution is 8.04. The fourth-order valence-corrected chi connectivity index (χ4v) is 3.70. The predicted molar refractivity (Wildman–Crippen MR) is 110 cm³/mol. The minimum atomic E-state index is 0.118. The van der Waals surface area contributed by atoms with Crippen molar-refractivity contribution in [2.45, 2.75) is 47.6 Å². The van der Waals surface area contributed by atoms with Crippen molar-refractivity contribution in [3.63, 3.8) is 0 Å². The molecule has 0 amide bonds. The van der Waals surface area contributed by atoms with Crippen LogP contribution in [-0.4, -0.2) is 43.0 Å². The van der Waals surface area contributed by atoms with Crippen molar-refractivity contribution in [3.8, 4) is 5.75 Å². The van der Waals surface area contributed by atoms with Gasteiger partial charge in [-0.25, -0.2) is 0 Å². The third-order valence-corrected chi connectivity index (χ3v) is 5.01. The van der Waals surface area contributed by atoms with Crippen LogP contribution in [0.2, 0.25) is 0 Å². The Morgan fingerprint density at radius 1 is 1.28 bits per heavy atom. The molecule has 0 aliphatic heterocycles. The van der Waals surface area contributed by atoms with E-state index in [0.717, 1.165) is 47.7 Å². The van der Waals surface area contributed by atoms with E-state index in [0.29, 0.717) is 10.6 Å². The van der Waals surface area contributed by atoms with Gasteiger partial charge in [-0.1, -0.05) is 13.8 Å². The minimum Gasteiger partial charge on any atom is -0.491 e. The van der Waals surface area contributed by atoms with Crippen molar-refractivity contribution in [1.82, 2.24) is 4.90 Å². The van der Waals surface area contributed by atoms with Crippen LogP contribution in [0.3, 0.4) is 0 Å². The van der Waals surface area contributed by atoms with E-state index in [1.807, 2.05) is 39.8 Å². The summed E-state index contributed by atoms with van der Waals surface area (Å²) in [6.45, 7) is 17.9. The first kappa shape index (κ1) is 21.5. The molecule has 1 aromatic carbocycles. The summed E-state index contributed by atoms with van der Waals surface area (Å²) in [6, 6.07) is 3.98. The number of aliphatic imine (C=N–C) groups is 1. The molecule has 0 aromatic heterocycles. The quantitative estimate of drug-likeness (QED) is 0.262. The van der Waals surface area contributed by atoms with E-state index < -0.39 is 0 Å². The van der Waals surface area contributed by atoms with Gasteiger partial charge in [-0.3, -0.25) is 14.7 Å². The molecule has 0 aliphatic carbocycles. The van der Waals surface area contributed by atoms with Crippen LogP contribution in [0.25, 0.3) is 5.70 Å². The van der Waals surface area contributed by atoms with E-state index in [9.17, 15) is 4.79 Å². The van der Waals surface area contributed by atoms with E-state index in [1.165, 1.54) is 11.8 Å². The Morgan fingerprint density at radius 2 is 1.84 bits per heavy atom. The molecule has 0 unspecified atom stereocenters. The van der Waals surface area contributed by atoms with Gasteiger partial charge < -0.3 is 4.74 Å². The van der Waals surface area contributed by atoms with Crippen LogP contribution in [0.15, 0.2) is 22.0 Å². The van der Waals surface area contributed by atoms with Gasteiger partial charge in [0.25, 0.3) is 0 Å². The van der Waals surface area contributed by atoms with Gasteiger partial charge in [0.1, 0.15) is 5.75 Å². The molecule has 0 N–H and O–H groups in total. The highest BCUT2D eigenvalue weighted by Crippen LogP contribution is 2.33. The summed E-state index contributed by atoms with van der Waals surface area (Å²) in [5.74, 6) is 1.59. The molecule has 0 fully saturated rings. The summed E-state index contributed by atoms with van der Waals surface area (Å²) >= 11 is 1.51. The molecule has 0 heterocycles. The Hall–Kier alpha value is -1.59. The summed E-state index contributed by atoms with van der Waals surface area (Å²) in [4.78, 5) is 18.8. The molecule has 0 aliphatic rings. The fourth-order valence-electron chi connectivity index (χ4n) is 2.64. The maximum atomic E-state index is 11.7. The largest absolute Gasteiger partial charge is 0.491 e. The first-order valence-electron chi connectivity index (χ1n) is 8.67. The van der Waals surface area contributed by atoms with Crippen LogP contribution in [-0.2, 0) is 4.79 Å². The lowest BCUT2D eigenvalue weighted by Crippen LogP contribution is -2.22. The Balaban J connectivity index is 3.27. The second kappa shape index (κ2) is 10.4. The Bertz CT molecular complexity index is 612. The van der Waals surface area contributed by atoms with Crippen LogP contribution in [0.5, 0.6) is 5.75 Å². The summed E-state index contributed by atoms with van der Waals surface area (Å²) < 4.78 is 5.80. The third-order valence-electron chi connectivity index (χ3n) is 3.91. The van der Waals surface area contributed by atoms with Crippen LogP contribution in [0.1, 0.15) is 44.4 Å². The predicted octanol–water partition coefficient (Wildman–Crippen LogP) is 4.69. The first-order chi connectivity index (χ1) is 11.9. The zero-order chi connectivity index (χ0) is 19.0. The molecule has 0 saturated carbocycles. The number of aldehydes is 1. The molecule has 25 heavy (non-hydrogen) atoms. The average Bonchev–Trinajstić information content (AvgIpc) is 2.55. The van der Waals surface area contributed by atoms with Crippen LogP contribution in [0.4, 0.5) is 0 Å². The maximum absolute atomic E-state index is 11.7. The molecule has 0 bridgehead atoms. The van der Waals surface area contributed by atoms with Crippen LogP contribution < -0.4 is 4.74 Å². The lowest BCUT2D eigenvalue weighted by Gasteiger charge is -2.19. The number of hydrogen-bond donors (Lipinski definition) is 0. The lowest BCUT2D eigenvalue weighted by atomic mass is 9.99. The number of carbonyl (C=O) groups excluding carboxylic acids is 1. The number of ether oxygens (including phenoxy) is 1. The van der Waals surface area contributed by atoms with E-state index >= 15 is 0 Å². The number of aryl methyl sites for hydroxylation is 2. The molecule has 0 atom stereocenters. The molecule has 0 radical (unpaired) electrons. The second-order valence-corrected chi connectivity index (χ2v) is 7.15. The maximum Gasteiger partial charge on any atom is 0.158 e. The van der Waals surface area contributed by atoms with Crippen molar-refractivity contribution in [3.05, 3.63) is 33.7 Å². The zero-order valence-corrected chi connectivity index (χ0v) is 17.1. The fraction of sp³-hybridized carbons (Fsp3) is 0.500. The van der Waals surface area contributed by atoms with Gasteiger partial charge in [-0.05, 0) is 70.8 Å². The Labute approximate surface area is 156 Å². The van der Waals surface area contributed by atoms with E-state index in [4.69, 9.17) is 4.74 Å². The highest BCUT2D eigenvalue weighted by Gasteiger charge is 2.16. The normalized spacial score (nSPS) is 12.3. The minimum absolute atomic E-state index is 0.118. The molecule has 1 aromatic rings. The standard InChI is InChI=1S/C20H30N2O2S/c1-8-22(9-2)13-25-18(12-23)20(21-7)19-15(5)10-17(11-16(19)6)24-14(3)4/h10-12,14H,7-9,13H2,1-6H3/b20-18-. The Kier molecular flexibility index (Phi) is 8.93. The van der Waals surface area contributed by atoms with Gasteiger partial charge in [0, 0.05) is 11.4 Å². The van der Waals surface area contributed by atoms with Crippen molar-refractivity contribution in [1.29, 1.82) is 0 Å². The van der Waals surface area contributed by atoms with Crippen molar-refractivity contribution < 1.29 is 9.53 Å². The number of allylic oxidation sites excluding steroid dienone is 1. The van der Waals surface area contributed by atoms with Gasteiger partial charge in [0.15, 0.2) is 6.29 Å². The number of rotatable bonds is 10. The van der Waals surface area contributed by atoms with Crippen LogP contribution in [0, 0.1) is 13.8 Å². The van der Waals surface area contributed by atoms with E-state index in [1.54, 1.807) is 0 Å². The molecule has 0 saturated heterocycles. The van der Waals surface area contributed by atoms with Crippen molar-refractivity contribution >= 4 is 30.5 Å². The molecule has 1 rings (SSSR count). The van der Waals surface area contributed by atoms with Gasteiger partial charge in [-0.15, -0.1) is 11.8 Å². The second-order valence-electron chi connectivity index (χ2n) is 6.16. The SMILES string of the molecule is C=N/C(=C(/C=O)SCN(CC)CC)c1c(C)cc(OC(C)C)cc1C. The smallest absolute Gasteiger partial charge is 0.158 e. The number of nitrogens with zero attached hydrogens (tertiary/aromatic N) is 2. The number of carbonyl (C=O) groups is 1. The molecule has 5 heteroatoms. The Morgan fingerprint density at radius 3 is 2.24 bits per heavy atom. The van der Waals surface area contributed by atoms with Crippen molar-refractivity contribution in [2.24, 2.45) is 4.99 Å². The third kappa shape index (κ3) is 6.01. The first-order valence-corrected chi connectivity index (χ1v) is 9.65. The van der Waals surface area contributed by atoms with E-state index in [2.05, 4.69) is 30.5 Å². The summed E-state index contributed by atoms with van der Waals surface area (Å²) in [7, 11) is 0. The number of thioether (sulfide) groups is 1. The summed E-state index contributed by atoms with van der Waals surface area (Å²) in [5.41, 5.74) is 3.67. The average molecular weight is 363 g/mol. The molecule has 4 nitrogen and oxygen atoms in total. The van der Waals surface area contributed by atoms with Crippen molar-refractivity contribution in [2.75, 3.05) is 19.0 Å². The van der Waals surface area contributed by atoms with Gasteiger partial charge in [0.2, 0.25) is 0 Å². The summed E-state index contributed by atoms with van der Waals surface area (Å²) in [6.07, 6.45) is 1.00. The lowest BCUT2D eigenvalue weighted by molar-refractivity contribution is -0.104. The molecule has 138 valence electrons.